The Morgan fingerprint density at radius 1 is 1.30 bits per heavy atom. The Balaban J connectivity index is 1.64. The Morgan fingerprint density at radius 2 is 2.10 bits per heavy atom. The van der Waals surface area contributed by atoms with E-state index in [2.05, 4.69) is 47.4 Å². The number of nitrogens with one attached hydrogen (secondary N) is 1. The van der Waals surface area contributed by atoms with Gasteiger partial charge in [-0.15, -0.1) is 0 Å². The third kappa shape index (κ3) is 3.27. The Morgan fingerprint density at radius 3 is 2.70 bits per heavy atom. The Hall–Kier alpha value is -0.770. The van der Waals surface area contributed by atoms with Gasteiger partial charge < -0.3 is 15.1 Å². The first-order valence-corrected chi connectivity index (χ1v) is 7.94. The fourth-order valence-corrected chi connectivity index (χ4v) is 3.17. The smallest absolute Gasteiger partial charge is 0.0642 e. The van der Waals surface area contributed by atoms with Gasteiger partial charge in [-0.1, -0.05) is 17.7 Å². The molecule has 110 valence electrons. The molecule has 1 saturated heterocycles. The molecule has 2 fully saturated rings. The molecule has 2 aliphatic rings. The average Bonchev–Trinajstić information content (AvgIpc) is 3.11. The molecule has 1 atom stereocenters. The lowest BCUT2D eigenvalue weighted by Crippen LogP contribution is -2.31. The zero-order valence-electron chi connectivity index (χ0n) is 12.4. The van der Waals surface area contributed by atoms with Crippen LogP contribution >= 0.6 is 11.6 Å². The van der Waals surface area contributed by atoms with Crippen molar-refractivity contribution >= 4 is 17.3 Å². The summed E-state index contributed by atoms with van der Waals surface area (Å²) in [6.07, 6.45) is 3.87. The second-order valence-electron chi connectivity index (χ2n) is 6.29. The summed E-state index contributed by atoms with van der Waals surface area (Å²) in [4.78, 5) is 4.72. The van der Waals surface area contributed by atoms with Gasteiger partial charge in [-0.25, -0.2) is 0 Å². The van der Waals surface area contributed by atoms with Gasteiger partial charge in [-0.3, -0.25) is 0 Å². The summed E-state index contributed by atoms with van der Waals surface area (Å²) < 4.78 is 0. The van der Waals surface area contributed by atoms with Crippen molar-refractivity contribution in [2.75, 3.05) is 32.1 Å². The lowest BCUT2D eigenvalue weighted by atomic mass is 10.2. The molecule has 3 rings (SSSR count). The van der Waals surface area contributed by atoms with Crippen LogP contribution in [-0.2, 0) is 6.54 Å². The van der Waals surface area contributed by atoms with Gasteiger partial charge in [0.15, 0.2) is 0 Å². The molecule has 0 radical (unpaired) electrons. The molecular formula is C16H24ClN3. The summed E-state index contributed by atoms with van der Waals surface area (Å²) in [5, 5.41) is 4.42. The van der Waals surface area contributed by atoms with E-state index in [0.29, 0.717) is 6.04 Å². The number of hydrogen-bond donors (Lipinski definition) is 1. The van der Waals surface area contributed by atoms with Gasteiger partial charge in [0.1, 0.15) is 0 Å². The molecule has 0 spiro atoms. The van der Waals surface area contributed by atoms with Crippen LogP contribution in [0, 0.1) is 0 Å². The summed E-state index contributed by atoms with van der Waals surface area (Å²) in [6, 6.07) is 7.90. The van der Waals surface area contributed by atoms with Crippen molar-refractivity contribution in [1.82, 2.24) is 10.2 Å². The minimum absolute atomic E-state index is 0.641. The van der Waals surface area contributed by atoms with Crippen LogP contribution in [0.4, 0.5) is 5.69 Å². The number of anilines is 1. The van der Waals surface area contributed by atoms with E-state index in [1.807, 2.05) is 0 Å². The lowest BCUT2D eigenvalue weighted by molar-refractivity contribution is 0.315. The third-order valence-electron chi connectivity index (χ3n) is 4.42. The molecule has 1 unspecified atom stereocenters. The van der Waals surface area contributed by atoms with Gasteiger partial charge in [-0.2, -0.15) is 0 Å². The molecule has 0 bridgehead atoms. The second-order valence-corrected chi connectivity index (χ2v) is 6.70. The summed E-state index contributed by atoms with van der Waals surface area (Å²) in [6.45, 7) is 3.11. The van der Waals surface area contributed by atoms with Crippen molar-refractivity contribution < 1.29 is 0 Å². The Labute approximate surface area is 126 Å². The van der Waals surface area contributed by atoms with E-state index in [0.717, 1.165) is 30.7 Å². The molecule has 3 nitrogen and oxygen atoms in total. The van der Waals surface area contributed by atoms with Crippen molar-refractivity contribution in [3.05, 3.63) is 28.8 Å². The van der Waals surface area contributed by atoms with Gasteiger partial charge in [0.2, 0.25) is 0 Å². The zero-order valence-corrected chi connectivity index (χ0v) is 13.2. The molecule has 0 aromatic heterocycles. The minimum Gasteiger partial charge on any atom is -0.369 e. The monoisotopic (exact) mass is 293 g/mol. The predicted octanol–water partition coefficient (Wildman–Crippen LogP) is 2.73. The van der Waals surface area contributed by atoms with Crippen molar-refractivity contribution in [2.24, 2.45) is 0 Å². The van der Waals surface area contributed by atoms with Crippen LogP contribution in [0.2, 0.25) is 5.02 Å². The van der Waals surface area contributed by atoms with Crippen LogP contribution in [0.5, 0.6) is 0 Å². The molecule has 0 amide bonds. The average molecular weight is 294 g/mol. The van der Waals surface area contributed by atoms with Crippen molar-refractivity contribution in [3.8, 4) is 0 Å². The van der Waals surface area contributed by atoms with E-state index in [-0.39, 0.29) is 0 Å². The standard InChI is InChI=1S/C16H24ClN3/c1-19(2)14-7-8-20(11-14)16-6-3-12(9-15(16)17)10-18-13-4-5-13/h3,6,9,13-14,18H,4-5,7-8,10-11H2,1-2H3. The highest BCUT2D eigenvalue weighted by molar-refractivity contribution is 6.33. The fraction of sp³-hybridized carbons (Fsp3) is 0.625. The molecule has 4 heteroatoms. The highest BCUT2D eigenvalue weighted by Gasteiger charge is 2.25. The highest BCUT2D eigenvalue weighted by Crippen LogP contribution is 2.30. The summed E-state index contributed by atoms with van der Waals surface area (Å²) in [5.74, 6) is 0. The molecule has 1 N–H and O–H groups in total. The first-order chi connectivity index (χ1) is 9.63. The number of benzene rings is 1. The topological polar surface area (TPSA) is 18.5 Å². The van der Waals surface area contributed by atoms with Crippen molar-refractivity contribution in [2.45, 2.75) is 37.9 Å². The quantitative estimate of drug-likeness (QED) is 0.900. The minimum atomic E-state index is 0.641. The van der Waals surface area contributed by atoms with E-state index >= 15 is 0 Å². The van der Waals surface area contributed by atoms with Crippen LogP contribution in [0.15, 0.2) is 18.2 Å². The third-order valence-corrected chi connectivity index (χ3v) is 4.72. The molecular weight excluding hydrogens is 270 g/mol. The first kappa shape index (κ1) is 14.2. The van der Waals surface area contributed by atoms with Crippen LogP contribution < -0.4 is 10.2 Å². The van der Waals surface area contributed by atoms with Crippen LogP contribution in [0.25, 0.3) is 0 Å². The number of rotatable bonds is 5. The largest absolute Gasteiger partial charge is 0.369 e. The van der Waals surface area contributed by atoms with Crippen LogP contribution in [0.1, 0.15) is 24.8 Å². The normalized spacial score (nSPS) is 22.8. The molecule has 1 aromatic carbocycles. The molecule has 20 heavy (non-hydrogen) atoms. The predicted molar refractivity (Wildman–Crippen MR) is 85.6 cm³/mol. The Kier molecular flexibility index (Phi) is 4.20. The fourth-order valence-electron chi connectivity index (χ4n) is 2.85. The molecule has 1 aliphatic carbocycles. The maximum atomic E-state index is 6.48. The van der Waals surface area contributed by atoms with Gasteiger partial charge in [0.05, 0.1) is 10.7 Å². The maximum absolute atomic E-state index is 6.48. The van der Waals surface area contributed by atoms with Crippen LogP contribution in [0.3, 0.4) is 0 Å². The summed E-state index contributed by atoms with van der Waals surface area (Å²) in [7, 11) is 4.31. The second kappa shape index (κ2) is 5.92. The lowest BCUT2D eigenvalue weighted by Gasteiger charge is -2.23. The molecule has 1 aromatic rings. The van der Waals surface area contributed by atoms with E-state index < -0.39 is 0 Å². The van der Waals surface area contributed by atoms with Gasteiger partial charge in [0, 0.05) is 31.7 Å². The van der Waals surface area contributed by atoms with E-state index in [9.17, 15) is 0 Å². The summed E-state index contributed by atoms with van der Waals surface area (Å²) in [5.41, 5.74) is 2.47. The van der Waals surface area contributed by atoms with Crippen LogP contribution in [-0.4, -0.2) is 44.2 Å². The van der Waals surface area contributed by atoms with E-state index in [1.165, 1.54) is 30.5 Å². The Bertz CT molecular complexity index is 471. The van der Waals surface area contributed by atoms with Gasteiger partial charge >= 0.3 is 0 Å². The molecule has 1 heterocycles. The first-order valence-electron chi connectivity index (χ1n) is 7.56. The van der Waals surface area contributed by atoms with E-state index in [1.54, 1.807) is 0 Å². The maximum Gasteiger partial charge on any atom is 0.0642 e. The zero-order chi connectivity index (χ0) is 14.1. The molecule has 1 saturated carbocycles. The number of hydrogen-bond acceptors (Lipinski definition) is 3. The summed E-state index contributed by atoms with van der Waals surface area (Å²) >= 11 is 6.48. The number of nitrogens with zero attached hydrogens (tertiary/aromatic N) is 2. The highest BCUT2D eigenvalue weighted by atomic mass is 35.5. The number of likely N-dealkylation sites (N-methyl/N-ethyl adjacent to an activating group) is 1. The van der Waals surface area contributed by atoms with Gasteiger partial charge in [-0.05, 0) is 51.1 Å². The van der Waals surface area contributed by atoms with Gasteiger partial charge in [0.25, 0.3) is 0 Å². The number of halogens is 1. The van der Waals surface area contributed by atoms with E-state index in [4.69, 9.17) is 11.6 Å². The van der Waals surface area contributed by atoms with Crippen molar-refractivity contribution in [3.63, 3.8) is 0 Å². The SMILES string of the molecule is CN(C)C1CCN(c2ccc(CNC3CC3)cc2Cl)C1. The molecule has 1 aliphatic heterocycles. The van der Waals surface area contributed by atoms with Crippen molar-refractivity contribution in [1.29, 1.82) is 0 Å².